The molecule has 0 unspecified atom stereocenters. The second kappa shape index (κ2) is 12.5. The zero-order valence-electron chi connectivity index (χ0n) is 20.3. The molecule has 2 amide bonds. The molecule has 0 saturated carbocycles. The molecule has 10 heteroatoms. The van der Waals surface area contributed by atoms with E-state index >= 15 is 0 Å². The number of sulfone groups is 1. The summed E-state index contributed by atoms with van der Waals surface area (Å²) >= 11 is 0. The number of fused-ring (bicyclic) bond motifs is 1. The number of nitrogens with one attached hydrogen (secondary N) is 2. The van der Waals surface area contributed by atoms with Crippen LogP contribution in [-0.4, -0.2) is 47.1 Å². The Morgan fingerprint density at radius 3 is 1.84 bits per heavy atom. The van der Waals surface area contributed by atoms with Crippen molar-refractivity contribution in [2.75, 3.05) is 20.7 Å². The van der Waals surface area contributed by atoms with Gasteiger partial charge in [0.2, 0.25) is 9.84 Å². The van der Waals surface area contributed by atoms with E-state index in [4.69, 9.17) is 9.47 Å². The molecule has 3 aromatic carbocycles. The maximum atomic E-state index is 13.0. The van der Waals surface area contributed by atoms with Crippen molar-refractivity contribution in [1.82, 2.24) is 10.6 Å². The van der Waals surface area contributed by atoms with Crippen LogP contribution < -0.4 is 10.6 Å². The van der Waals surface area contributed by atoms with Gasteiger partial charge >= 0.3 is 12.2 Å². The van der Waals surface area contributed by atoms with E-state index in [-0.39, 0.29) is 20.9 Å². The number of benzene rings is 3. The predicted molar refractivity (Wildman–Crippen MR) is 137 cm³/mol. The molecule has 1 aliphatic rings. The highest BCUT2D eigenvalue weighted by atomic mass is 32.2. The molecule has 0 bridgehead atoms. The smallest absolute Gasteiger partial charge is 0.407 e. The van der Waals surface area contributed by atoms with E-state index < -0.39 is 34.4 Å². The summed E-state index contributed by atoms with van der Waals surface area (Å²) in [5.41, 5.74) is 1.59. The fourth-order valence-electron chi connectivity index (χ4n) is 3.46. The van der Waals surface area contributed by atoms with Crippen molar-refractivity contribution in [2.45, 2.75) is 11.5 Å². The number of ether oxygens (including phenoxy) is 2. The molecule has 4 rings (SSSR count). The number of amides is 2. The van der Waals surface area contributed by atoms with Crippen molar-refractivity contribution in [3.63, 3.8) is 0 Å². The largest absolute Gasteiger partial charge is 0.445 e. The van der Waals surface area contributed by atoms with Crippen LogP contribution >= 0.6 is 0 Å². The maximum Gasteiger partial charge on any atom is 0.407 e. The summed E-state index contributed by atoms with van der Waals surface area (Å²) in [5.74, 6) is -0.410. The fraction of sp³-hybridized carbons (Fsp3) is 0.148. The first-order chi connectivity index (χ1) is 17.8. The Bertz CT molecular complexity index is 1400. The molecule has 0 fully saturated rings. The summed E-state index contributed by atoms with van der Waals surface area (Å²) in [6, 6.07) is 24.0. The van der Waals surface area contributed by atoms with Crippen molar-refractivity contribution in [3.05, 3.63) is 107 Å². The van der Waals surface area contributed by atoms with E-state index in [1.165, 1.54) is 26.2 Å². The molecular formula is C27H26N2O7S. The Morgan fingerprint density at radius 2 is 1.24 bits per heavy atom. The molecule has 0 spiro atoms. The molecule has 1 aliphatic heterocycles. The lowest BCUT2D eigenvalue weighted by Gasteiger charge is -2.22. The van der Waals surface area contributed by atoms with Gasteiger partial charge in [-0.2, -0.15) is 0 Å². The average molecular weight is 523 g/mol. The van der Waals surface area contributed by atoms with Crippen LogP contribution in [0.3, 0.4) is 0 Å². The third-order valence-electron chi connectivity index (χ3n) is 5.27. The second-order valence-corrected chi connectivity index (χ2v) is 9.57. The number of allylic oxidation sites excluding steroid dienone is 1. The highest BCUT2D eigenvalue weighted by molar-refractivity contribution is 7.95. The Labute approximate surface area is 215 Å². The van der Waals surface area contributed by atoms with Crippen molar-refractivity contribution >= 4 is 33.4 Å². The molecule has 0 atom stereocenters. The summed E-state index contributed by atoms with van der Waals surface area (Å²) in [6.45, 7) is -0.202. The molecule has 9 nitrogen and oxygen atoms in total. The number of Topliss-reactive ketones (excluding diaryl/α,β-unsaturated/α-hetero) is 1. The van der Waals surface area contributed by atoms with Crippen LogP contribution in [0.1, 0.15) is 21.5 Å². The summed E-state index contributed by atoms with van der Waals surface area (Å²) in [6.07, 6.45) is -1.18. The average Bonchev–Trinajstić information content (AvgIpc) is 2.94. The quantitative estimate of drug-likeness (QED) is 0.519. The third-order valence-corrected chi connectivity index (χ3v) is 7.18. The van der Waals surface area contributed by atoms with Crippen LogP contribution in [0.4, 0.5) is 9.59 Å². The first-order valence-corrected chi connectivity index (χ1v) is 12.7. The first kappa shape index (κ1) is 27.2. The number of alkyl carbamates (subject to hydrolysis) is 2. The van der Waals surface area contributed by atoms with Gasteiger partial charge in [0.1, 0.15) is 13.2 Å². The van der Waals surface area contributed by atoms with E-state index in [2.05, 4.69) is 10.6 Å². The molecule has 0 saturated heterocycles. The maximum absolute atomic E-state index is 13.0. The van der Waals surface area contributed by atoms with Gasteiger partial charge in [0, 0.05) is 25.2 Å². The fourth-order valence-corrected chi connectivity index (χ4v) is 5.13. The van der Waals surface area contributed by atoms with Crippen molar-refractivity contribution < 1.29 is 32.3 Å². The van der Waals surface area contributed by atoms with E-state index in [1.807, 2.05) is 30.3 Å². The van der Waals surface area contributed by atoms with Gasteiger partial charge in [0.15, 0.2) is 5.78 Å². The Balaban J connectivity index is 0.000000266. The molecule has 0 radical (unpaired) electrons. The number of ketones is 1. The zero-order valence-corrected chi connectivity index (χ0v) is 21.1. The van der Waals surface area contributed by atoms with Gasteiger partial charge in [-0.25, -0.2) is 18.0 Å². The molecular weight excluding hydrogens is 496 g/mol. The van der Waals surface area contributed by atoms with E-state index in [1.54, 1.807) is 42.5 Å². The van der Waals surface area contributed by atoms with Gasteiger partial charge in [-0.1, -0.05) is 72.8 Å². The summed E-state index contributed by atoms with van der Waals surface area (Å²) in [7, 11) is -1.06. The van der Waals surface area contributed by atoms with Crippen molar-refractivity contribution in [3.8, 4) is 0 Å². The monoisotopic (exact) mass is 522 g/mol. The standard InChI is InChI=1S/C18H15NO5S.C9H11NO2/c1-19-18(21)24-11-15-16(12-7-3-2-4-8-12)17(20)13-9-5-6-10-14(13)25(15,22)23;1-10-9(11)12-7-8-5-3-2-4-6-8/h2-10H,11H2,1H3,(H,19,21);2-6H,7H2,1H3,(H,10,11). The first-order valence-electron chi connectivity index (χ1n) is 11.2. The minimum atomic E-state index is -3.96. The molecule has 0 aliphatic carbocycles. The van der Waals surface area contributed by atoms with E-state index in [0.29, 0.717) is 12.2 Å². The molecule has 2 N–H and O–H groups in total. The number of rotatable bonds is 5. The Hall–Kier alpha value is -4.44. The van der Waals surface area contributed by atoms with Crippen LogP contribution in [-0.2, 0) is 25.9 Å². The van der Waals surface area contributed by atoms with Crippen molar-refractivity contribution in [1.29, 1.82) is 0 Å². The Kier molecular flexibility index (Phi) is 9.17. The Morgan fingerprint density at radius 1 is 0.730 bits per heavy atom. The second-order valence-electron chi connectivity index (χ2n) is 7.63. The highest BCUT2D eigenvalue weighted by Crippen LogP contribution is 2.37. The lowest BCUT2D eigenvalue weighted by molar-refractivity contribution is 0.105. The highest BCUT2D eigenvalue weighted by Gasteiger charge is 2.38. The van der Waals surface area contributed by atoms with Crippen LogP contribution in [0.15, 0.2) is 94.7 Å². The summed E-state index contributed by atoms with van der Waals surface area (Å²) < 4.78 is 35.8. The molecule has 3 aromatic rings. The van der Waals surface area contributed by atoms with Gasteiger partial charge < -0.3 is 20.1 Å². The predicted octanol–water partition coefficient (Wildman–Crippen LogP) is 3.97. The number of carbonyl (C=O) groups excluding carboxylic acids is 3. The summed E-state index contributed by atoms with van der Waals surface area (Å²) in [5, 5.41) is 4.63. The van der Waals surface area contributed by atoms with Gasteiger partial charge in [0.05, 0.1) is 9.80 Å². The molecule has 192 valence electrons. The van der Waals surface area contributed by atoms with Crippen LogP contribution in [0.2, 0.25) is 0 Å². The number of hydrogen-bond donors (Lipinski definition) is 2. The third kappa shape index (κ3) is 6.62. The molecule has 0 aromatic heterocycles. The van der Waals surface area contributed by atoms with E-state index in [0.717, 1.165) is 5.56 Å². The minimum absolute atomic E-state index is 0.0307. The lowest BCUT2D eigenvalue weighted by atomic mass is 9.96. The van der Waals surface area contributed by atoms with Gasteiger partial charge in [-0.15, -0.1) is 0 Å². The number of hydrogen-bond acceptors (Lipinski definition) is 7. The van der Waals surface area contributed by atoms with Crippen LogP contribution in [0.5, 0.6) is 0 Å². The minimum Gasteiger partial charge on any atom is -0.445 e. The van der Waals surface area contributed by atoms with Crippen LogP contribution in [0.25, 0.3) is 5.57 Å². The lowest BCUT2D eigenvalue weighted by Crippen LogP contribution is -2.27. The van der Waals surface area contributed by atoms with Gasteiger partial charge in [-0.05, 0) is 23.3 Å². The summed E-state index contributed by atoms with van der Waals surface area (Å²) in [4.78, 5) is 34.7. The zero-order chi connectivity index (χ0) is 26.8. The SMILES string of the molecule is CNC(=O)OCC1=C(c2ccccc2)C(=O)c2ccccc2S1(=O)=O.CNC(=O)OCc1ccccc1. The molecule has 1 heterocycles. The topological polar surface area (TPSA) is 128 Å². The van der Waals surface area contributed by atoms with Gasteiger partial charge in [-0.3, -0.25) is 4.79 Å². The van der Waals surface area contributed by atoms with Gasteiger partial charge in [0.25, 0.3) is 0 Å². The molecule has 37 heavy (non-hydrogen) atoms. The number of carbonyl (C=O) groups is 3. The van der Waals surface area contributed by atoms with Crippen LogP contribution in [0, 0.1) is 0 Å². The van der Waals surface area contributed by atoms with E-state index in [9.17, 15) is 22.8 Å². The normalized spacial score (nSPS) is 13.4. The van der Waals surface area contributed by atoms with Crippen molar-refractivity contribution in [2.24, 2.45) is 0 Å².